The van der Waals surface area contributed by atoms with Gasteiger partial charge in [0.2, 0.25) is 0 Å². The van der Waals surface area contributed by atoms with E-state index in [-0.39, 0.29) is 0 Å². The van der Waals surface area contributed by atoms with Crippen LogP contribution in [0.15, 0.2) is 18.2 Å². The van der Waals surface area contributed by atoms with E-state index < -0.39 is 0 Å². The number of nitrogens with two attached hydrogens (primary N) is 1. The third kappa shape index (κ3) is 2.98. The number of benzene rings is 1. The maximum absolute atomic E-state index is 5.79. The van der Waals surface area contributed by atoms with E-state index in [1.807, 2.05) is 18.2 Å². The van der Waals surface area contributed by atoms with Crippen LogP contribution in [-0.2, 0) is 0 Å². The summed E-state index contributed by atoms with van der Waals surface area (Å²) >= 11 is 1.69. The van der Waals surface area contributed by atoms with Crippen LogP contribution in [0.3, 0.4) is 0 Å². The van der Waals surface area contributed by atoms with Crippen molar-refractivity contribution in [2.24, 2.45) is 5.92 Å². The van der Waals surface area contributed by atoms with Crippen LogP contribution in [0, 0.1) is 5.92 Å². The number of thiazole rings is 1. The van der Waals surface area contributed by atoms with Crippen LogP contribution in [0.25, 0.3) is 10.2 Å². The van der Waals surface area contributed by atoms with Gasteiger partial charge in [-0.3, -0.25) is 0 Å². The molecule has 1 aliphatic heterocycles. The summed E-state index contributed by atoms with van der Waals surface area (Å²) in [7, 11) is 2.20. The third-order valence-electron chi connectivity index (χ3n) is 3.79. The Morgan fingerprint density at radius 3 is 3.00 bits per heavy atom. The number of aromatic nitrogens is 1. The number of nitrogen functional groups attached to an aromatic ring is 1. The Labute approximate surface area is 117 Å². The van der Waals surface area contributed by atoms with E-state index in [0.29, 0.717) is 0 Å². The molecule has 102 valence electrons. The largest absolute Gasteiger partial charge is 0.399 e. The fourth-order valence-corrected chi connectivity index (χ4v) is 3.44. The van der Waals surface area contributed by atoms with E-state index in [2.05, 4.69) is 22.2 Å². The zero-order valence-corrected chi connectivity index (χ0v) is 12.0. The van der Waals surface area contributed by atoms with Crippen LogP contribution in [0.2, 0.25) is 0 Å². The first-order valence-corrected chi connectivity index (χ1v) is 7.61. The molecule has 4 nitrogen and oxygen atoms in total. The van der Waals surface area contributed by atoms with E-state index in [1.165, 1.54) is 25.9 Å². The lowest BCUT2D eigenvalue weighted by Crippen LogP contribution is -2.32. The van der Waals surface area contributed by atoms with E-state index in [0.717, 1.165) is 33.5 Å². The number of nitrogens with one attached hydrogen (secondary N) is 1. The van der Waals surface area contributed by atoms with Crippen molar-refractivity contribution in [3.05, 3.63) is 18.2 Å². The molecule has 0 atom stereocenters. The summed E-state index contributed by atoms with van der Waals surface area (Å²) in [4.78, 5) is 6.99. The Kier molecular flexibility index (Phi) is 3.57. The molecule has 2 heterocycles. The predicted molar refractivity (Wildman–Crippen MR) is 82.7 cm³/mol. The van der Waals surface area contributed by atoms with Crippen LogP contribution in [0.5, 0.6) is 0 Å². The smallest absolute Gasteiger partial charge is 0.183 e. The first-order chi connectivity index (χ1) is 9.20. The van der Waals surface area contributed by atoms with Gasteiger partial charge >= 0.3 is 0 Å². The fourth-order valence-electron chi connectivity index (χ4n) is 2.51. The van der Waals surface area contributed by atoms with Gasteiger partial charge in [0.25, 0.3) is 0 Å². The molecule has 1 saturated heterocycles. The summed E-state index contributed by atoms with van der Waals surface area (Å²) in [6.07, 6.45) is 2.56. The van der Waals surface area contributed by atoms with Gasteiger partial charge in [0.1, 0.15) is 0 Å². The minimum atomic E-state index is 0.772. The molecule has 1 aliphatic rings. The van der Waals surface area contributed by atoms with Gasteiger partial charge in [-0.2, -0.15) is 0 Å². The molecule has 0 unspecified atom stereocenters. The molecule has 0 amide bonds. The molecule has 1 aromatic heterocycles. The average Bonchev–Trinajstić information content (AvgIpc) is 2.80. The Balaban J connectivity index is 1.62. The number of hydrogen-bond acceptors (Lipinski definition) is 5. The zero-order chi connectivity index (χ0) is 13.2. The number of piperidine rings is 1. The topological polar surface area (TPSA) is 54.2 Å². The Hall–Kier alpha value is -1.33. The molecule has 3 N–H and O–H groups in total. The highest BCUT2D eigenvalue weighted by molar-refractivity contribution is 7.22. The second-order valence-corrected chi connectivity index (χ2v) is 6.40. The minimum Gasteiger partial charge on any atom is -0.399 e. The monoisotopic (exact) mass is 276 g/mol. The molecule has 0 aliphatic carbocycles. The summed E-state index contributed by atoms with van der Waals surface area (Å²) in [5.74, 6) is 0.772. The summed E-state index contributed by atoms with van der Waals surface area (Å²) in [5.41, 5.74) is 7.63. The molecular formula is C14H20N4S. The normalized spacial score (nSPS) is 17.9. The number of likely N-dealkylation sites (tertiary alicyclic amines) is 1. The Morgan fingerprint density at radius 1 is 1.42 bits per heavy atom. The van der Waals surface area contributed by atoms with Crippen LogP contribution < -0.4 is 11.1 Å². The zero-order valence-electron chi connectivity index (χ0n) is 11.2. The second kappa shape index (κ2) is 5.35. The molecular weight excluding hydrogens is 256 g/mol. The van der Waals surface area contributed by atoms with Crippen molar-refractivity contribution in [3.63, 3.8) is 0 Å². The summed E-state index contributed by atoms with van der Waals surface area (Å²) < 4.78 is 1.16. The summed E-state index contributed by atoms with van der Waals surface area (Å²) in [6, 6.07) is 5.89. The van der Waals surface area contributed by atoms with Gasteiger partial charge in [-0.15, -0.1) is 0 Å². The number of nitrogens with zero attached hydrogens (tertiary/aromatic N) is 2. The molecule has 2 aromatic rings. The van der Waals surface area contributed by atoms with Crippen LogP contribution in [-0.4, -0.2) is 36.6 Å². The van der Waals surface area contributed by atoms with Crippen LogP contribution >= 0.6 is 11.3 Å². The SMILES string of the molecule is CN1CCC(CNc2nc3ccc(N)cc3s2)CC1. The summed E-state index contributed by atoms with van der Waals surface area (Å²) in [5, 5.41) is 4.50. The maximum atomic E-state index is 5.79. The first kappa shape index (κ1) is 12.7. The molecule has 3 rings (SSSR count). The van der Waals surface area contributed by atoms with E-state index in [4.69, 9.17) is 5.73 Å². The van der Waals surface area contributed by atoms with Gasteiger partial charge in [-0.1, -0.05) is 11.3 Å². The highest BCUT2D eigenvalue weighted by atomic mass is 32.1. The molecule has 1 fully saturated rings. The van der Waals surface area contributed by atoms with Crippen molar-refractivity contribution in [2.45, 2.75) is 12.8 Å². The lowest BCUT2D eigenvalue weighted by molar-refractivity contribution is 0.226. The Morgan fingerprint density at radius 2 is 2.21 bits per heavy atom. The molecule has 19 heavy (non-hydrogen) atoms. The van der Waals surface area contributed by atoms with Crippen LogP contribution in [0.1, 0.15) is 12.8 Å². The van der Waals surface area contributed by atoms with Gasteiger partial charge in [0.15, 0.2) is 5.13 Å². The number of anilines is 2. The lowest BCUT2D eigenvalue weighted by atomic mass is 9.97. The Bertz CT molecular complexity index is 558. The minimum absolute atomic E-state index is 0.772. The van der Waals surface area contributed by atoms with E-state index in [9.17, 15) is 0 Å². The summed E-state index contributed by atoms with van der Waals surface area (Å²) in [6.45, 7) is 3.45. The molecule has 5 heteroatoms. The number of fused-ring (bicyclic) bond motifs is 1. The lowest BCUT2D eigenvalue weighted by Gasteiger charge is -2.28. The van der Waals surface area contributed by atoms with Gasteiger partial charge in [-0.25, -0.2) is 4.98 Å². The number of rotatable bonds is 3. The van der Waals surface area contributed by atoms with Crippen molar-refractivity contribution in [1.82, 2.24) is 9.88 Å². The first-order valence-electron chi connectivity index (χ1n) is 6.79. The van der Waals surface area contributed by atoms with Crippen molar-refractivity contribution in [2.75, 3.05) is 37.7 Å². The van der Waals surface area contributed by atoms with E-state index in [1.54, 1.807) is 11.3 Å². The maximum Gasteiger partial charge on any atom is 0.183 e. The van der Waals surface area contributed by atoms with Crippen molar-refractivity contribution < 1.29 is 0 Å². The standard InChI is InChI=1S/C14H20N4S/c1-18-6-4-10(5-7-18)9-16-14-17-12-3-2-11(15)8-13(12)19-14/h2-3,8,10H,4-7,9,15H2,1H3,(H,16,17). The predicted octanol–water partition coefficient (Wildman–Crippen LogP) is 2.63. The van der Waals surface area contributed by atoms with Crippen LogP contribution in [0.4, 0.5) is 10.8 Å². The molecule has 1 aromatic carbocycles. The number of hydrogen-bond donors (Lipinski definition) is 2. The third-order valence-corrected chi connectivity index (χ3v) is 4.77. The van der Waals surface area contributed by atoms with Crippen molar-refractivity contribution >= 4 is 32.4 Å². The molecule has 0 saturated carbocycles. The molecule has 0 bridgehead atoms. The van der Waals surface area contributed by atoms with Gasteiger partial charge in [0, 0.05) is 12.2 Å². The van der Waals surface area contributed by atoms with E-state index >= 15 is 0 Å². The highest BCUT2D eigenvalue weighted by Crippen LogP contribution is 2.28. The van der Waals surface area contributed by atoms with Gasteiger partial charge in [0.05, 0.1) is 10.2 Å². The van der Waals surface area contributed by atoms with Crippen molar-refractivity contribution in [3.8, 4) is 0 Å². The molecule has 0 radical (unpaired) electrons. The molecule has 0 spiro atoms. The van der Waals surface area contributed by atoms with Gasteiger partial charge < -0.3 is 16.0 Å². The average molecular weight is 276 g/mol. The quantitative estimate of drug-likeness (QED) is 0.846. The second-order valence-electron chi connectivity index (χ2n) is 5.37. The fraction of sp³-hybridized carbons (Fsp3) is 0.500. The van der Waals surface area contributed by atoms with Gasteiger partial charge in [-0.05, 0) is 57.1 Å². The van der Waals surface area contributed by atoms with Crippen molar-refractivity contribution in [1.29, 1.82) is 0 Å². The highest BCUT2D eigenvalue weighted by Gasteiger charge is 2.16.